The molecule has 0 amide bonds. The van der Waals surface area contributed by atoms with Gasteiger partial charge < -0.3 is 15.7 Å². The van der Waals surface area contributed by atoms with Crippen LogP contribution in [-0.2, 0) is 0 Å². The molecule has 0 bridgehead atoms. The zero-order chi connectivity index (χ0) is 15.3. The fraction of sp³-hybridized carbons (Fsp3) is 0.733. The van der Waals surface area contributed by atoms with Crippen molar-refractivity contribution in [3.8, 4) is 0 Å². The van der Waals surface area contributed by atoms with Gasteiger partial charge in [-0.05, 0) is 18.8 Å². The number of nitrogens with one attached hydrogen (secondary N) is 2. The lowest BCUT2D eigenvalue weighted by atomic mass is 9.90. The Morgan fingerprint density at radius 2 is 1.80 bits per heavy atom. The first kappa shape index (κ1) is 16.7. The molecule has 1 aromatic rings. The molecule has 114 valence electrons. The maximum atomic E-state index is 9.09. The van der Waals surface area contributed by atoms with Gasteiger partial charge in [0.15, 0.2) is 0 Å². The van der Waals surface area contributed by atoms with Gasteiger partial charge in [-0.2, -0.15) is 0 Å². The van der Waals surface area contributed by atoms with E-state index in [9.17, 15) is 0 Å². The second-order valence-electron chi connectivity index (χ2n) is 6.30. The first-order valence-corrected chi connectivity index (χ1v) is 7.21. The summed E-state index contributed by atoms with van der Waals surface area (Å²) >= 11 is 0. The summed E-state index contributed by atoms with van der Waals surface area (Å²) in [7, 11) is 1.87. The van der Waals surface area contributed by atoms with Crippen LogP contribution in [-0.4, -0.2) is 35.3 Å². The quantitative estimate of drug-likeness (QED) is 0.716. The third kappa shape index (κ3) is 4.34. The van der Waals surface area contributed by atoms with Crippen molar-refractivity contribution >= 4 is 11.6 Å². The van der Waals surface area contributed by atoms with E-state index in [1.54, 1.807) is 0 Å². The molecule has 1 aromatic heterocycles. The van der Waals surface area contributed by atoms with Gasteiger partial charge in [0.25, 0.3) is 0 Å². The monoisotopic (exact) mass is 280 g/mol. The molecule has 1 heterocycles. The van der Waals surface area contributed by atoms with Gasteiger partial charge in [0, 0.05) is 31.7 Å². The number of anilines is 2. The topological polar surface area (TPSA) is 70.1 Å². The summed E-state index contributed by atoms with van der Waals surface area (Å²) in [5.41, 5.74) is 1.06. The summed E-state index contributed by atoms with van der Waals surface area (Å²) in [5, 5.41) is 15.6. The Morgan fingerprint density at radius 1 is 1.20 bits per heavy atom. The molecule has 0 fully saturated rings. The standard InChI is InChI=1S/C15H28N4O/c1-10(2)12-18-13(16-6)11(3)14(19-12)17-9-15(4,5)7-8-20/h10,20H,7-9H2,1-6H3,(H2,16,17,18,19). The van der Waals surface area contributed by atoms with E-state index < -0.39 is 0 Å². The highest BCUT2D eigenvalue weighted by molar-refractivity contribution is 5.57. The van der Waals surface area contributed by atoms with E-state index in [-0.39, 0.29) is 17.9 Å². The van der Waals surface area contributed by atoms with E-state index in [4.69, 9.17) is 5.11 Å². The normalized spacial score (nSPS) is 11.8. The first-order valence-electron chi connectivity index (χ1n) is 7.21. The van der Waals surface area contributed by atoms with Crippen LogP contribution in [0.1, 0.15) is 51.4 Å². The van der Waals surface area contributed by atoms with E-state index in [1.165, 1.54) is 0 Å². The second kappa shape index (κ2) is 6.88. The second-order valence-corrected chi connectivity index (χ2v) is 6.30. The number of rotatable bonds is 7. The van der Waals surface area contributed by atoms with Crippen LogP contribution < -0.4 is 10.6 Å². The molecular formula is C15H28N4O. The molecule has 0 saturated heterocycles. The summed E-state index contributed by atoms with van der Waals surface area (Å²) in [6.45, 7) is 11.4. The Kier molecular flexibility index (Phi) is 5.74. The van der Waals surface area contributed by atoms with E-state index in [2.05, 4.69) is 48.3 Å². The first-order chi connectivity index (χ1) is 9.30. The zero-order valence-electron chi connectivity index (χ0n) is 13.5. The van der Waals surface area contributed by atoms with Crippen molar-refractivity contribution in [2.75, 3.05) is 30.8 Å². The van der Waals surface area contributed by atoms with Gasteiger partial charge in [-0.1, -0.05) is 27.7 Å². The highest BCUT2D eigenvalue weighted by Crippen LogP contribution is 2.25. The molecule has 0 aliphatic rings. The molecule has 0 aliphatic heterocycles. The average Bonchev–Trinajstić information content (AvgIpc) is 2.37. The van der Waals surface area contributed by atoms with Gasteiger partial charge in [0.05, 0.1) is 0 Å². The van der Waals surface area contributed by atoms with E-state index >= 15 is 0 Å². The molecule has 0 saturated carbocycles. The van der Waals surface area contributed by atoms with Crippen molar-refractivity contribution in [2.45, 2.75) is 47.0 Å². The molecule has 0 radical (unpaired) electrons. The van der Waals surface area contributed by atoms with Crippen molar-refractivity contribution in [3.63, 3.8) is 0 Å². The predicted octanol–water partition coefficient (Wildman–Crippen LogP) is 2.77. The van der Waals surface area contributed by atoms with E-state index in [1.807, 2.05) is 14.0 Å². The molecule has 0 aliphatic carbocycles. The molecule has 20 heavy (non-hydrogen) atoms. The van der Waals surface area contributed by atoms with Gasteiger partial charge >= 0.3 is 0 Å². The number of aliphatic hydroxyl groups is 1. The summed E-state index contributed by atoms with van der Waals surface area (Å²) in [4.78, 5) is 9.15. The van der Waals surface area contributed by atoms with Crippen molar-refractivity contribution in [2.24, 2.45) is 5.41 Å². The highest BCUT2D eigenvalue weighted by Gasteiger charge is 2.19. The van der Waals surface area contributed by atoms with Gasteiger partial charge in [-0.15, -0.1) is 0 Å². The van der Waals surface area contributed by atoms with Crippen LogP contribution in [0.3, 0.4) is 0 Å². The van der Waals surface area contributed by atoms with Gasteiger partial charge in [-0.3, -0.25) is 0 Å². The predicted molar refractivity (Wildman–Crippen MR) is 84.4 cm³/mol. The van der Waals surface area contributed by atoms with Crippen LogP contribution in [0.5, 0.6) is 0 Å². The fourth-order valence-corrected chi connectivity index (χ4v) is 1.92. The lowest BCUT2D eigenvalue weighted by molar-refractivity contribution is 0.220. The minimum atomic E-state index is 0.0317. The summed E-state index contributed by atoms with van der Waals surface area (Å²) in [6.07, 6.45) is 0.764. The Labute approximate surface area is 122 Å². The molecule has 0 unspecified atom stereocenters. The van der Waals surface area contributed by atoms with E-state index in [0.29, 0.717) is 0 Å². The SMILES string of the molecule is CNc1nc(C(C)C)nc(NCC(C)(C)CCO)c1C. The molecule has 5 nitrogen and oxygen atoms in total. The maximum absolute atomic E-state index is 9.09. The number of hydrogen-bond donors (Lipinski definition) is 3. The largest absolute Gasteiger partial charge is 0.396 e. The smallest absolute Gasteiger partial charge is 0.135 e. The van der Waals surface area contributed by atoms with Crippen molar-refractivity contribution in [3.05, 3.63) is 11.4 Å². The number of hydrogen-bond acceptors (Lipinski definition) is 5. The minimum Gasteiger partial charge on any atom is -0.396 e. The third-order valence-corrected chi connectivity index (χ3v) is 3.44. The molecular weight excluding hydrogens is 252 g/mol. The van der Waals surface area contributed by atoms with Crippen LogP contribution in [0.15, 0.2) is 0 Å². The Bertz CT molecular complexity index is 444. The van der Waals surface area contributed by atoms with Crippen molar-refractivity contribution in [1.82, 2.24) is 9.97 Å². The number of aromatic nitrogens is 2. The third-order valence-electron chi connectivity index (χ3n) is 3.44. The highest BCUT2D eigenvalue weighted by atomic mass is 16.3. The van der Waals surface area contributed by atoms with Crippen LogP contribution in [0.4, 0.5) is 11.6 Å². The summed E-state index contributed by atoms with van der Waals surface area (Å²) in [6, 6.07) is 0. The zero-order valence-corrected chi connectivity index (χ0v) is 13.5. The van der Waals surface area contributed by atoms with Gasteiger partial charge in [0.2, 0.25) is 0 Å². The van der Waals surface area contributed by atoms with Crippen molar-refractivity contribution in [1.29, 1.82) is 0 Å². The van der Waals surface area contributed by atoms with E-state index in [0.717, 1.165) is 36.0 Å². The van der Waals surface area contributed by atoms with Crippen molar-refractivity contribution < 1.29 is 5.11 Å². The van der Waals surface area contributed by atoms with Crippen LogP contribution in [0, 0.1) is 12.3 Å². The Morgan fingerprint density at radius 3 is 2.30 bits per heavy atom. The Hall–Kier alpha value is -1.36. The Balaban J connectivity index is 2.96. The molecule has 1 rings (SSSR count). The van der Waals surface area contributed by atoms with Gasteiger partial charge in [0.1, 0.15) is 17.5 Å². The lowest BCUT2D eigenvalue weighted by Crippen LogP contribution is -2.25. The lowest BCUT2D eigenvalue weighted by Gasteiger charge is -2.25. The summed E-state index contributed by atoms with van der Waals surface area (Å²) < 4.78 is 0. The summed E-state index contributed by atoms with van der Waals surface area (Å²) in [5.74, 6) is 2.86. The molecule has 0 spiro atoms. The molecule has 0 aromatic carbocycles. The molecule has 0 atom stereocenters. The van der Waals surface area contributed by atoms with Crippen LogP contribution in [0.2, 0.25) is 0 Å². The fourth-order valence-electron chi connectivity index (χ4n) is 1.92. The molecule has 5 heteroatoms. The maximum Gasteiger partial charge on any atom is 0.135 e. The number of nitrogens with zero attached hydrogens (tertiary/aromatic N) is 2. The molecule has 3 N–H and O–H groups in total. The average molecular weight is 280 g/mol. The van der Waals surface area contributed by atoms with Crippen LogP contribution in [0.25, 0.3) is 0 Å². The number of aliphatic hydroxyl groups excluding tert-OH is 1. The van der Waals surface area contributed by atoms with Gasteiger partial charge in [-0.25, -0.2) is 9.97 Å². The van der Waals surface area contributed by atoms with Crippen LogP contribution >= 0.6 is 0 Å². The minimum absolute atomic E-state index is 0.0317.